The van der Waals surface area contributed by atoms with Crippen molar-refractivity contribution in [2.24, 2.45) is 0 Å². The SMILES string of the molecule is COc1ccc(-c2nc(-c3cccc(CN4CCCC4)c3)n[nH]2)cc1O. The number of aromatic hydroxyl groups is 1. The van der Waals surface area contributed by atoms with Gasteiger partial charge in [-0.25, -0.2) is 4.98 Å². The molecule has 3 aromatic rings. The lowest BCUT2D eigenvalue weighted by Crippen LogP contribution is -2.18. The molecule has 4 rings (SSSR count). The van der Waals surface area contributed by atoms with Crippen LogP contribution in [0.1, 0.15) is 18.4 Å². The van der Waals surface area contributed by atoms with Gasteiger partial charge in [-0.2, -0.15) is 5.10 Å². The zero-order valence-electron chi connectivity index (χ0n) is 14.8. The summed E-state index contributed by atoms with van der Waals surface area (Å²) in [4.78, 5) is 7.06. The average Bonchev–Trinajstić information content (AvgIpc) is 3.34. The van der Waals surface area contributed by atoms with Crippen molar-refractivity contribution < 1.29 is 9.84 Å². The molecule has 1 fully saturated rings. The van der Waals surface area contributed by atoms with Crippen molar-refractivity contribution in [3.8, 4) is 34.3 Å². The van der Waals surface area contributed by atoms with Crippen molar-refractivity contribution in [2.75, 3.05) is 20.2 Å². The summed E-state index contributed by atoms with van der Waals surface area (Å²) in [5, 5.41) is 17.3. The fourth-order valence-corrected chi connectivity index (χ4v) is 3.36. The molecule has 0 aliphatic carbocycles. The Kier molecular flexibility index (Phi) is 4.58. The maximum absolute atomic E-state index is 9.96. The van der Waals surface area contributed by atoms with E-state index in [-0.39, 0.29) is 5.75 Å². The predicted octanol–water partition coefficient (Wildman–Crippen LogP) is 3.45. The van der Waals surface area contributed by atoms with Crippen molar-refractivity contribution in [2.45, 2.75) is 19.4 Å². The summed E-state index contributed by atoms with van der Waals surface area (Å²) in [5.74, 6) is 1.78. The molecule has 0 spiro atoms. The summed E-state index contributed by atoms with van der Waals surface area (Å²) in [7, 11) is 1.52. The van der Waals surface area contributed by atoms with E-state index in [1.807, 2.05) is 12.1 Å². The molecule has 1 aliphatic heterocycles. The minimum atomic E-state index is 0.0792. The lowest BCUT2D eigenvalue weighted by Gasteiger charge is -2.14. The number of phenols is 1. The highest BCUT2D eigenvalue weighted by Crippen LogP contribution is 2.30. The molecular formula is C20H22N4O2. The zero-order valence-corrected chi connectivity index (χ0v) is 14.8. The number of nitrogens with one attached hydrogen (secondary N) is 1. The molecule has 1 saturated heterocycles. The van der Waals surface area contributed by atoms with Crippen molar-refractivity contribution >= 4 is 0 Å². The summed E-state index contributed by atoms with van der Waals surface area (Å²) >= 11 is 0. The molecule has 1 aliphatic rings. The number of aromatic nitrogens is 3. The smallest absolute Gasteiger partial charge is 0.181 e. The van der Waals surface area contributed by atoms with Crippen LogP contribution in [0.15, 0.2) is 42.5 Å². The van der Waals surface area contributed by atoms with Crippen LogP contribution in [0.25, 0.3) is 22.8 Å². The molecule has 0 saturated carbocycles. The largest absolute Gasteiger partial charge is 0.504 e. The maximum Gasteiger partial charge on any atom is 0.181 e. The van der Waals surface area contributed by atoms with Gasteiger partial charge in [0.15, 0.2) is 23.1 Å². The maximum atomic E-state index is 9.96. The number of hydrogen-bond acceptors (Lipinski definition) is 5. The lowest BCUT2D eigenvalue weighted by molar-refractivity contribution is 0.331. The van der Waals surface area contributed by atoms with Crippen LogP contribution < -0.4 is 4.74 Å². The number of phenolic OH excluding ortho intramolecular Hbond substituents is 1. The molecule has 1 aromatic heterocycles. The van der Waals surface area contributed by atoms with E-state index < -0.39 is 0 Å². The number of likely N-dealkylation sites (tertiary alicyclic amines) is 1. The third kappa shape index (κ3) is 3.41. The van der Waals surface area contributed by atoms with Crippen LogP contribution in [0.4, 0.5) is 0 Å². The molecule has 0 amide bonds. The van der Waals surface area contributed by atoms with Crippen molar-refractivity contribution in [3.05, 3.63) is 48.0 Å². The molecule has 26 heavy (non-hydrogen) atoms. The quantitative estimate of drug-likeness (QED) is 0.737. The Morgan fingerprint density at radius 3 is 2.73 bits per heavy atom. The fraction of sp³-hybridized carbons (Fsp3) is 0.300. The summed E-state index contributed by atoms with van der Waals surface area (Å²) in [6.45, 7) is 3.32. The van der Waals surface area contributed by atoms with Gasteiger partial charge in [-0.1, -0.05) is 18.2 Å². The predicted molar refractivity (Wildman–Crippen MR) is 100.0 cm³/mol. The van der Waals surface area contributed by atoms with Crippen molar-refractivity contribution in [3.63, 3.8) is 0 Å². The molecule has 2 heterocycles. The molecule has 2 N–H and O–H groups in total. The minimum Gasteiger partial charge on any atom is -0.504 e. The van der Waals surface area contributed by atoms with Crippen molar-refractivity contribution in [1.82, 2.24) is 20.1 Å². The normalized spacial score (nSPS) is 14.7. The molecule has 0 atom stereocenters. The van der Waals surface area contributed by atoms with E-state index in [1.54, 1.807) is 12.1 Å². The molecule has 134 valence electrons. The van der Waals surface area contributed by atoms with Crippen LogP contribution in [0.2, 0.25) is 0 Å². The third-order valence-electron chi connectivity index (χ3n) is 4.73. The van der Waals surface area contributed by atoms with Crippen LogP contribution in [0, 0.1) is 0 Å². The van der Waals surface area contributed by atoms with Crippen LogP contribution >= 0.6 is 0 Å². The number of H-pyrrole nitrogens is 1. The highest BCUT2D eigenvalue weighted by molar-refractivity contribution is 5.64. The van der Waals surface area contributed by atoms with E-state index in [9.17, 15) is 5.11 Å². The third-order valence-corrected chi connectivity index (χ3v) is 4.73. The zero-order chi connectivity index (χ0) is 17.9. The molecule has 0 unspecified atom stereocenters. The fourth-order valence-electron chi connectivity index (χ4n) is 3.36. The number of aromatic amines is 1. The highest BCUT2D eigenvalue weighted by Gasteiger charge is 2.14. The van der Waals surface area contributed by atoms with Crippen LogP contribution in [-0.4, -0.2) is 45.4 Å². The first-order chi connectivity index (χ1) is 12.7. The van der Waals surface area contributed by atoms with E-state index in [2.05, 4.69) is 38.3 Å². The molecule has 0 radical (unpaired) electrons. The lowest BCUT2D eigenvalue weighted by atomic mass is 10.1. The van der Waals surface area contributed by atoms with E-state index in [4.69, 9.17) is 4.74 Å². The number of nitrogens with zero attached hydrogens (tertiary/aromatic N) is 3. The summed E-state index contributed by atoms with van der Waals surface area (Å²) < 4.78 is 5.08. The van der Waals surface area contributed by atoms with Crippen LogP contribution in [-0.2, 0) is 6.54 Å². The van der Waals surface area contributed by atoms with Gasteiger partial charge in [0.2, 0.25) is 0 Å². The topological polar surface area (TPSA) is 74.3 Å². The van der Waals surface area contributed by atoms with Gasteiger partial charge in [-0.3, -0.25) is 10.00 Å². The van der Waals surface area contributed by atoms with Gasteiger partial charge in [-0.05, 0) is 55.8 Å². The second-order valence-corrected chi connectivity index (χ2v) is 6.58. The number of benzene rings is 2. The first kappa shape index (κ1) is 16.6. The van der Waals surface area contributed by atoms with Crippen LogP contribution in [0.3, 0.4) is 0 Å². The summed E-state index contributed by atoms with van der Waals surface area (Å²) in [6, 6.07) is 13.5. The molecule has 0 bridgehead atoms. The van der Waals surface area contributed by atoms with Gasteiger partial charge in [0.25, 0.3) is 0 Å². The first-order valence-electron chi connectivity index (χ1n) is 8.84. The van der Waals surface area contributed by atoms with Gasteiger partial charge >= 0.3 is 0 Å². The van der Waals surface area contributed by atoms with Crippen LogP contribution in [0.5, 0.6) is 11.5 Å². The highest BCUT2D eigenvalue weighted by atomic mass is 16.5. The number of rotatable bonds is 5. The standard InChI is InChI=1S/C20H22N4O2/c1-26-18-8-7-16(12-17(18)25)20-21-19(22-23-20)15-6-4-5-14(11-15)13-24-9-2-3-10-24/h4-8,11-12,25H,2-3,9-10,13H2,1H3,(H,21,22,23). The van der Waals surface area contributed by atoms with Gasteiger partial charge < -0.3 is 9.84 Å². The van der Waals surface area contributed by atoms with E-state index in [0.29, 0.717) is 17.4 Å². The molecule has 2 aromatic carbocycles. The Bertz CT molecular complexity index is 900. The second kappa shape index (κ2) is 7.17. The Hall–Kier alpha value is -2.86. The average molecular weight is 350 g/mol. The Morgan fingerprint density at radius 2 is 1.96 bits per heavy atom. The van der Waals surface area contributed by atoms with Gasteiger partial charge in [0.1, 0.15) is 0 Å². The van der Waals surface area contributed by atoms with E-state index in [0.717, 1.165) is 17.7 Å². The van der Waals surface area contributed by atoms with Crippen molar-refractivity contribution in [1.29, 1.82) is 0 Å². The van der Waals surface area contributed by atoms with Gasteiger partial charge in [-0.15, -0.1) is 0 Å². The van der Waals surface area contributed by atoms with E-state index >= 15 is 0 Å². The number of ether oxygens (including phenoxy) is 1. The Labute approximate surface area is 152 Å². The molecule has 6 heteroatoms. The van der Waals surface area contributed by atoms with Gasteiger partial charge in [0.05, 0.1) is 7.11 Å². The number of methoxy groups -OCH3 is 1. The first-order valence-corrected chi connectivity index (χ1v) is 8.84. The minimum absolute atomic E-state index is 0.0792. The monoisotopic (exact) mass is 350 g/mol. The molecular weight excluding hydrogens is 328 g/mol. The van der Waals surface area contributed by atoms with Gasteiger partial charge in [0, 0.05) is 17.7 Å². The Morgan fingerprint density at radius 1 is 1.12 bits per heavy atom. The summed E-state index contributed by atoms with van der Waals surface area (Å²) in [5.41, 5.74) is 3.02. The molecule has 6 nitrogen and oxygen atoms in total. The summed E-state index contributed by atoms with van der Waals surface area (Å²) in [6.07, 6.45) is 2.58. The Balaban J connectivity index is 1.56. The van der Waals surface area contributed by atoms with E-state index in [1.165, 1.54) is 38.6 Å². The second-order valence-electron chi connectivity index (χ2n) is 6.58. The number of hydrogen-bond donors (Lipinski definition) is 2.